The second kappa shape index (κ2) is 8.18. The van der Waals surface area contributed by atoms with Crippen molar-refractivity contribution in [1.82, 2.24) is 10.3 Å². The van der Waals surface area contributed by atoms with Crippen LogP contribution in [0.1, 0.15) is 48.2 Å². The van der Waals surface area contributed by atoms with Gasteiger partial charge in [-0.05, 0) is 67.8 Å². The lowest BCUT2D eigenvalue weighted by molar-refractivity contribution is 0.482. The Labute approximate surface area is 126 Å². The van der Waals surface area contributed by atoms with E-state index in [2.05, 4.69) is 47.7 Å². The van der Waals surface area contributed by atoms with Gasteiger partial charge in [-0.15, -0.1) is 11.3 Å². The molecule has 3 heteroatoms. The van der Waals surface area contributed by atoms with Crippen LogP contribution in [0.4, 0.5) is 0 Å². The van der Waals surface area contributed by atoms with E-state index in [1.807, 2.05) is 23.7 Å². The first-order valence-corrected chi connectivity index (χ1v) is 8.35. The molecule has 2 aromatic heterocycles. The highest BCUT2D eigenvalue weighted by Crippen LogP contribution is 2.23. The SMILES string of the molecule is CCCNC(CCCc1cccs1)c1cnccc1C. The van der Waals surface area contributed by atoms with Crippen LogP contribution in [0.2, 0.25) is 0 Å². The highest BCUT2D eigenvalue weighted by atomic mass is 32.1. The van der Waals surface area contributed by atoms with E-state index in [0.29, 0.717) is 6.04 Å². The zero-order chi connectivity index (χ0) is 14.2. The van der Waals surface area contributed by atoms with Crippen LogP contribution in [0, 0.1) is 6.92 Å². The predicted octanol–water partition coefficient (Wildman–Crippen LogP) is 4.52. The van der Waals surface area contributed by atoms with E-state index in [1.165, 1.54) is 41.7 Å². The minimum absolute atomic E-state index is 0.434. The van der Waals surface area contributed by atoms with Crippen LogP contribution in [0.25, 0.3) is 0 Å². The summed E-state index contributed by atoms with van der Waals surface area (Å²) in [5, 5.41) is 5.83. The normalized spacial score (nSPS) is 12.5. The summed E-state index contributed by atoms with van der Waals surface area (Å²) < 4.78 is 0. The Bertz CT molecular complexity index is 493. The maximum Gasteiger partial charge on any atom is 0.0338 e. The van der Waals surface area contributed by atoms with Gasteiger partial charge in [0.15, 0.2) is 0 Å². The van der Waals surface area contributed by atoms with Crippen molar-refractivity contribution in [2.24, 2.45) is 0 Å². The highest BCUT2D eigenvalue weighted by molar-refractivity contribution is 7.09. The van der Waals surface area contributed by atoms with E-state index in [-0.39, 0.29) is 0 Å². The molecule has 20 heavy (non-hydrogen) atoms. The van der Waals surface area contributed by atoms with E-state index in [4.69, 9.17) is 0 Å². The van der Waals surface area contributed by atoms with Crippen LogP contribution in [0.5, 0.6) is 0 Å². The lowest BCUT2D eigenvalue weighted by Crippen LogP contribution is -2.23. The van der Waals surface area contributed by atoms with E-state index >= 15 is 0 Å². The molecule has 1 atom stereocenters. The van der Waals surface area contributed by atoms with E-state index in [0.717, 1.165) is 6.54 Å². The molecule has 0 aliphatic carbocycles. The van der Waals surface area contributed by atoms with Crippen molar-refractivity contribution in [2.75, 3.05) is 6.54 Å². The van der Waals surface area contributed by atoms with Crippen molar-refractivity contribution >= 4 is 11.3 Å². The monoisotopic (exact) mass is 288 g/mol. The summed E-state index contributed by atoms with van der Waals surface area (Å²) in [6.07, 6.45) is 8.64. The maximum absolute atomic E-state index is 4.29. The first-order chi connectivity index (χ1) is 9.81. The average molecular weight is 288 g/mol. The van der Waals surface area contributed by atoms with Crippen molar-refractivity contribution in [3.8, 4) is 0 Å². The zero-order valence-electron chi connectivity index (χ0n) is 12.4. The topological polar surface area (TPSA) is 24.9 Å². The van der Waals surface area contributed by atoms with Crippen LogP contribution in [0.15, 0.2) is 36.0 Å². The molecule has 0 saturated heterocycles. The van der Waals surface area contributed by atoms with Gasteiger partial charge in [0, 0.05) is 23.3 Å². The van der Waals surface area contributed by atoms with Gasteiger partial charge in [0.25, 0.3) is 0 Å². The number of nitrogens with one attached hydrogen (secondary N) is 1. The largest absolute Gasteiger partial charge is 0.310 e. The highest BCUT2D eigenvalue weighted by Gasteiger charge is 2.13. The van der Waals surface area contributed by atoms with Crippen molar-refractivity contribution < 1.29 is 0 Å². The molecule has 0 radical (unpaired) electrons. The number of nitrogens with zero attached hydrogens (tertiary/aromatic N) is 1. The average Bonchev–Trinajstić information content (AvgIpc) is 2.97. The third-order valence-corrected chi connectivity index (χ3v) is 4.53. The van der Waals surface area contributed by atoms with Crippen LogP contribution in [0.3, 0.4) is 0 Å². The van der Waals surface area contributed by atoms with Crippen molar-refractivity contribution in [2.45, 2.75) is 45.6 Å². The summed E-state index contributed by atoms with van der Waals surface area (Å²) in [4.78, 5) is 5.78. The molecular weight excluding hydrogens is 264 g/mol. The third kappa shape index (κ3) is 4.43. The van der Waals surface area contributed by atoms with Gasteiger partial charge in [0.05, 0.1) is 0 Å². The first-order valence-electron chi connectivity index (χ1n) is 7.47. The number of rotatable bonds is 8. The van der Waals surface area contributed by atoms with Gasteiger partial charge in [0.1, 0.15) is 0 Å². The molecular formula is C17H24N2S. The maximum atomic E-state index is 4.29. The molecule has 2 nitrogen and oxygen atoms in total. The number of hydrogen-bond acceptors (Lipinski definition) is 3. The van der Waals surface area contributed by atoms with E-state index in [1.54, 1.807) is 0 Å². The third-order valence-electron chi connectivity index (χ3n) is 3.59. The quantitative estimate of drug-likeness (QED) is 0.772. The van der Waals surface area contributed by atoms with E-state index < -0.39 is 0 Å². The van der Waals surface area contributed by atoms with Gasteiger partial charge in [-0.25, -0.2) is 0 Å². The predicted molar refractivity (Wildman–Crippen MR) is 87.3 cm³/mol. The summed E-state index contributed by atoms with van der Waals surface area (Å²) in [6, 6.07) is 6.91. The molecule has 2 aromatic rings. The summed E-state index contributed by atoms with van der Waals surface area (Å²) in [5.41, 5.74) is 2.69. The molecule has 0 amide bonds. The van der Waals surface area contributed by atoms with Crippen molar-refractivity contribution in [3.63, 3.8) is 0 Å². The number of hydrogen-bond donors (Lipinski definition) is 1. The zero-order valence-corrected chi connectivity index (χ0v) is 13.2. The molecule has 0 fully saturated rings. The molecule has 108 valence electrons. The summed E-state index contributed by atoms with van der Waals surface area (Å²) in [6.45, 7) is 5.46. The molecule has 1 unspecified atom stereocenters. The van der Waals surface area contributed by atoms with Gasteiger partial charge in [0.2, 0.25) is 0 Å². The number of thiophene rings is 1. The second-order valence-corrected chi connectivity index (χ2v) is 6.24. The second-order valence-electron chi connectivity index (χ2n) is 5.21. The molecule has 0 aliphatic rings. The van der Waals surface area contributed by atoms with Gasteiger partial charge in [-0.3, -0.25) is 4.98 Å². The smallest absolute Gasteiger partial charge is 0.0338 e. The van der Waals surface area contributed by atoms with Gasteiger partial charge >= 0.3 is 0 Å². The summed E-state index contributed by atoms with van der Waals surface area (Å²) >= 11 is 1.86. The molecule has 0 saturated carbocycles. The lowest BCUT2D eigenvalue weighted by atomic mass is 9.98. The fraction of sp³-hybridized carbons (Fsp3) is 0.471. The van der Waals surface area contributed by atoms with Crippen LogP contribution in [-0.2, 0) is 6.42 Å². The van der Waals surface area contributed by atoms with Gasteiger partial charge in [-0.1, -0.05) is 13.0 Å². The Kier molecular flexibility index (Phi) is 6.22. The molecule has 2 heterocycles. The fourth-order valence-electron chi connectivity index (χ4n) is 2.46. The minimum atomic E-state index is 0.434. The molecule has 2 rings (SSSR count). The van der Waals surface area contributed by atoms with Crippen molar-refractivity contribution in [3.05, 3.63) is 52.0 Å². The Morgan fingerprint density at radius 1 is 1.35 bits per heavy atom. The number of pyridine rings is 1. The molecule has 1 N–H and O–H groups in total. The van der Waals surface area contributed by atoms with Gasteiger partial charge in [-0.2, -0.15) is 0 Å². The fourth-order valence-corrected chi connectivity index (χ4v) is 3.21. The van der Waals surface area contributed by atoms with Crippen LogP contribution in [-0.4, -0.2) is 11.5 Å². The lowest BCUT2D eigenvalue weighted by Gasteiger charge is -2.20. The Morgan fingerprint density at radius 2 is 2.25 bits per heavy atom. The van der Waals surface area contributed by atoms with E-state index in [9.17, 15) is 0 Å². The standard InChI is InChI=1S/C17H24N2S/c1-3-10-19-17(16-13-18-11-9-14(16)2)8-4-6-15-7-5-12-20-15/h5,7,9,11-13,17,19H,3-4,6,8,10H2,1-2H3. The van der Waals surface area contributed by atoms with Gasteiger partial charge < -0.3 is 5.32 Å². The Morgan fingerprint density at radius 3 is 2.95 bits per heavy atom. The minimum Gasteiger partial charge on any atom is -0.310 e. The van der Waals surface area contributed by atoms with Crippen LogP contribution >= 0.6 is 11.3 Å². The summed E-state index contributed by atoms with van der Waals surface area (Å²) in [5.74, 6) is 0. The Balaban J connectivity index is 1.95. The number of aromatic nitrogens is 1. The molecule has 0 aromatic carbocycles. The first kappa shape index (κ1) is 15.2. The number of aryl methyl sites for hydroxylation is 2. The molecule has 0 spiro atoms. The summed E-state index contributed by atoms with van der Waals surface area (Å²) in [7, 11) is 0. The van der Waals surface area contributed by atoms with Crippen LogP contribution < -0.4 is 5.32 Å². The molecule has 0 aliphatic heterocycles. The Hall–Kier alpha value is -1.19. The van der Waals surface area contributed by atoms with Crippen molar-refractivity contribution in [1.29, 1.82) is 0 Å². The molecule has 0 bridgehead atoms.